The molecule has 1 aromatic heterocycles. The van der Waals surface area contributed by atoms with E-state index in [2.05, 4.69) is 20.8 Å². The molecule has 1 aliphatic rings. The first-order valence-electron chi connectivity index (χ1n) is 8.29. The average molecular weight is 386 g/mol. The second-order valence-electron chi connectivity index (χ2n) is 5.47. The number of ether oxygens (including phenoxy) is 1. The Bertz CT molecular complexity index is 847. The number of amides is 2. The number of benzene rings is 1. The molecule has 2 N–H and O–H groups in total. The second kappa shape index (κ2) is 9.04. The Morgan fingerprint density at radius 2 is 2.19 bits per heavy atom. The van der Waals surface area contributed by atoms with Crippen LogP contribution in [0.4, 0.5) is 5.69 Å². The molecule has 9 heteroatoms. The smallest absolute Gasteiger partial charge is 0.240 e. The number of thioether (sulfide) groups is 1. The third-order valence-electron chi connectivity index (χ3n) is 3.47. The van der Waals surface area contributed by atoms with Gasteiger partial charge in [-0.25, -0.2) is 0 Å². The van der Waals surface area contributed by atoms with E-state index in [9.17, 15) is 9.59 Å². The number of hydrogen-bond donors (Lipinski definition) is 2. The Labute approximate surface area is 160 Å². The van der Waals surface area contributed by atoms with E-state index in [1.54, 1.807) is 36.4 Å². The van der Waals surface area contributed by atoms with Gasteiger partial charge in [0.1, 0.15) is 16.8 Å². The van der Waals surface area contributed by atoms with Crippen LogP contribution in [0.15, 0.2) is 57.3 Å². The summed E-state index contributed by atoms with van der Waals surface area (Å²) in [6.45, 7) is 2.48. The van der Waals surface area contributed by atoms with E-state index in [1.165, 1.54) is 24.2 Å². The number of carbonyl (C=O) groups excluding carboxylic acids is 2. The number of carbonyl (C=O) groups is 2. The molecule has 1 fully saturated rings. The average Bonchev–Trinajstić information content (AvgIpc) is 3.27. The molecule has 1 saturated heterocycles. The van der Waals surface area contributed by atoms with E-state index in [-0.39, 0.29) is 18.2 Å². The molecular formula is C18H18N4O4S. The maximum atomic E-state index is 12.2. The van der Waals surface area contributed by atoms with Crippen LogP contribution in [0.5, 0.6) is 5.75 Å². The van der Waals surface area contributed by atoms with Crippen LogP contribution in [0.1, 0.15) is 19.1 Å². The Morgan fingerprint density at radius 1 is 1.37 bits per heavy atom. The lowest BCUT2D eigenvalue weighted by molar-refractivity contribution is -0.122. The Balaban J connectivity index is 1.51. The summed E-state index contributed by atoms with van der Waals surface area (Å²) in [7, 11) is 0. The minimum absolute atomic E-state index is 0.0324. The predicted octanol–water partition coefficient (Wildman–Crippen LogP) is 2.63. The Hall–Kier alpha value is -3.07. The lowest BCUT2D eigenvalue weighted by Gasteiger charge is -2.08. The molecule has 1 aliphatic heterocycles. The Kier molecular flexibility index (Phi) is 6.26. The quantitative estimate of drug-likeness (QED) is 0.562. The van der Waals surface area contributed by atoms with Gasteiger partial charge in [-0.15, -0.1) is 5.10 Å². The van der Waals surface area contributed by atoms with Crippen LogP contribution < -0.4 is 15.4 Å². The van der Waals surface area contributed by atoms with Crippen molar-refractivity contribution < 1.29 is 18.7 Å². The fourth-order valence-electron chi connectivity index (χ4n) is 2.27. The van der Waals surface area contributed by atoms with Gasteiger partial charge in [0, 0.05) is 12.1 Å². The maximum absolute atomic E-state index is 12.2. The number of furan rings is 1. The van der Waals surface area contributed by atoms with Crippen molar-refractivity contribution in [2.24, 2.45) is 10.2 Å². The van der Waals surface area contributed by atoms with Crippen molar-refractivity contribution in [3.8, 4) is 5.75 Å². The lowest BCUT2D eigenvalue weighted by atomic mass is 10.2. The SMILES string of the molecule is CCOc1ccc(NC(=O)CC2S/C(=N/N=C/c3ccco3)NC2=O)cc1. The van der Waals surface area contributed by atoms with Crippen molar-refractivity contribution in [1.82, 2.24) is 5.32 Å². The molecule has 1 atom stereocenters. The molecule has 2 heterocycles. The van der Waals surface area contributed by atoms with Gasteiger partial charge in [0.25, 0.3) is 0 Å². The van der Waals surface area contributed by atoms with Crippen LogP contribution in [0.25, 0.3) is 0 Å². The molecular weight excluding hydrogens is 368 g/mol. The van der Waals surface area contributed by atoms with E-state index >= 15 is 0 Å². The summed E-state index contributed by atoms with van der Waals surface area (Å²) in [5.41, 5.74) is 0.642. The van der Waals surface area contributed by atoms with Gasteiger partial charge in [0.15, 0.2) is 5.17 Å². The molecule has 3 rings (SSSR count). The largest absolute Gasteiger partial charge is 0.494 e. The number of nitrogens with zero attached hydrogens (tertiary/aromatic N) is 2. The van der Waals surface area contributed by atoms with Gasteiger partial charge in [0.2, 0.25) is 11.8 Å². The molecule has 27 heavy (non-hydrogen) atoms. The lowest BCUT2D eigenvalue weighted by Crippen LogP contribution is -2.28. The number of rotatable bonds is 7. The van der Waals surface area contributed by atoms with Gasteiger partial charge in [0.05, 0.1) is 19.1 Å². The minimum atomic E-state index is -0.551. The zero-order valence-corrected chi connectivity index (χ0v) is 15.4. The highest BCUT2D eigenvalue weighted by Gasteiger charge is 2.32. The van der Waals surface area contributed by atoms with E-state index in [4.69, 9.17) is 9.15 Å². The highest BCUT2D eigenvalue weighted by atomic mass is 32.2. The molecule has 0 radical (unpaired) electrons. The van der Waals surface area contributed by atoms with Crippen molar-refractivity contribution >= 4 is 40.6 Å². The molecule has 1 unspecified atom stereocenters. The molecule has 0 bridgehead atoms. The normalized spacial score (nSPS) is 18.0. The fraction of sp³-hybridized carbons (Fsp3) is 0.222. The van der Waals surface area contributed by atoms with Gasteiger partial charge >= 0.3 is 0 Å². The predicted molar refractivity (Wildman–Crippen MR) is 104 cm³/mol. The Morgan fingerprint density at radius 3 is 2.89 bits per heavy atom. The van der Waals surface area contributed by atoms with E-state index in [1.807, 2.05) is 6.92 Å². The summed E-state index contributed by atoms with van der Waals surface area (Å²) >= 11 is 1.17. The molecule has 0 aliphatic carbocycles. The van der Waals surface area contributed by atoms with Gasteiger partial charge in [-0.3, -0.25) is 9.59 Å². The maximum Gasteiger partial charge on any atom is 0.240 e. The van der Waals surface area contributed by atoms with Crippen molar-refractivity contribution in [2.75, 3.05) is 11.9 Å². The van der Waals surface area contributed by atoms with Crippen LogP contribution in [-0.4, -0.2) is 35.1 Å². The van der Waals surface area contributed by atoms with Gasteiger partial charge in [-0.2, -0.15) is 5.10 Å². The van der Waals surface area contributed by atoms with Crippen LogP contribution in [0.2, 0.25) is 0 Å². The number of anilines is 1. The molecule has 0 saturated carbocycles. The topological polar surface area (TPSA) is 105 Å². The number of nitrogens with one attached hydrogen (secondary N) is 2. The third-order valence-corrected chi connectivity index (χ3v) is 4.55. The molecule has 2 amide bonds. The highest BCUT2D eigenvalue weighted by molar-refractivity contribution is 8.15. The highest BCUT2D eigenvalue weighted by Crippen LogP contribution is 2.23. The molecule has 0 spiro atoms. The molecule has 8 nitrogen and oxygen atoms in total. The fourth-order valence-corrected chi connectivity index (χ4v) is 3.20. The number of hydrogen-bond acceptors (Lipinski definition) is 7. The van der Waals surface area contributed by atoms with Crippen LogP contribution >= 0.6 is 11.8 Å². The van der Waals surface area contributed by atoms with E-state index in [0.29, 0.717) is 23.2 Å². The van der Waals surface area contributed by atoms with Gasteiger partial charge in [-0.1, -0.05) is 11.8 Å². The van der Waals surface area contributed by atoms with Gasteiger partial charge < -0.3 is 19.8 Å². The van der Waals surface area contributed by atoms with Crippen molar-refractivity contribution in [3.63, 3.8) is 0 Å². The summed E-state index contributed by atoms with van der Waals surface area (Å²) in [6.07, 6.45) is 3.00. The van der Waals surface area contributed by atoms with Crippen LogP contribution in [0.3, 0.4) is 0 Å². The van der Waals surface area contributed by atoms with Gasteiger partial charge in [-0.05, 0) is 43.3 Å². The standard InChI is InChI=1S/C18H18N4O4S/c1-2-25-13-7-5-12(6-8-13)20-16(23)10-15-17(24)21-18(27-15)22-19-11-14-4-3-9-26-14/h3-9,11,15H,2,10H2,1H3,(H,20,23)(H,21,22,24)/b19-11+. The number of amidine groups is 1. The third kappa shape index (κ3) is 5.45. The molecule has 1 aromatic carbocycles. The summed E-state index contributed by atoms with van der Waals surface area (Å²) in [5, 5.41) is 13.0. The summed E-state index contributed by atoms with van der Waals surface area (Å²) < 4.78 is 10.5. The first-order valence-corrected chi connectivity index (χ1v) is 9.17. The summed E-state index contributed by atoms with van der Waals surface area (Å²) in [5.74, 6) is 0.762. The zero-order chi connectivity index (χ0) is 19.1. The van der Waals surface area contributed by atoms with Crippen molar-refractivity contribution in [2.45, 2.75) is 18.6 Å². The van der Waals surface area contributed by atoms with E-state index < -0.39 is 5.25 Å². The molecule has 2 aromatic rings. The first-order chi connectivity index (χ1) is 13.1. The van der Waals surface area contributed by atoms with Crippen molar-refractivity contribution in [1.29, 1.82) is 0 Å². The second-order valence-corrected chi connectivity index (χ2v) is 6.66. The van der Waals surface area contributed by atoms with Crippen LogP contribution in [-0.2, 0) is 9.59 Å². The first kappa shape index (κ1) is 18.7. The minimum Gasteiger partial charge on any atom is -0.494 e. The zero-order valence-electron chi connectivity index (χ0n) is 14.5. The van der Waals surface area contributed by atoms with Crippen LogP contribution in [0, 0.1) is 0 Å². The van der Waals surface area contributed by atoms with E-state index in [0.717, 1.165) is 5.75 Å². The summed E-state index contributed by atoms with van der Waals surface area (Å²) in [4.78, 5) is 24.2. The monoisotopic (exact) mass is 386 g/mol. The molecule has 140 valence electrons. The van der Waals surface area contributed by atoms with Crippen molar-refractivity contribution in [3.05, 3.63) is 48.4 Å². The summed E-state index contributed by atoms with van der Waals surface area (Å²) in [6, 6.07) is 10.5.